The minimum atomic E-state index is -0.335. The van der Waals surface area contributed by atoms with Gasteiger partial charge in [0.15, 0.2) is 0 Å². The summed E-state index contributed by atoms with van der Waals surface area (Å²) in [6.45, 7) is 0. The van der Waals surface area contributed by atoms with E-state index in [1.807, 2.05) is 6.07 Å². The number of benzene rings is 1. The number of hydrogen-bond acceptors (Lipinski definition) is 2. The van der Waals surface area contributed by atoms with Gasteiger partial charge in [-0.2, -0.15) is 0 Å². The third-order valence-electron chi connectivity index (χ3n) is 3.27. The summed E-state index contributed by atoms with van der Waals surface area (Å²) in [6.07, 6.45) is 7.47. The number of nitrogens with two attached hydrogens (primary N) is 1. The van der Waals surface area contributed by atoms with Crippen LogP contribution >= 0.6 is 0 Å². The third kappa shape index (κ3) is 2.65. The van der Waals surface area contributed by atoms with Crippen LogP contribution in [0.4, 0.5) is 15.8 Å². The van der Waals surface area contributed by atoms with E-state index >= 15 is 0 Å². The topological polar surface area (TPSA) is 38.0 Å². The molecule has 2 nitrogen and oxygen atoms in total. The largest absolute Gasteiger partial charge is 0.395 e. The SMILES string of the molecule is Nc1c(F)cccc1NC1CCCCCC1. The summed E-state index contributed by atoms with van der Waals surface area (Å²) >= 11 is 0. The molecule has 0 aromatic heterocycles. The minimum absolute atomic E-state index is 0.242. The van der Waals surface area contributed by atoms with Gasteiger partial charge in [0.25, 0.3) is 0 Å². The van der Waals surface area contributed by atoms with Crippen LogP contribution in [0, 0.1) is 5.82 Å². The molecule has 1 aliphatic carbocycles. The number of para-hydroxylation sites is 1. The number of halogens is 1. The Morgan fingerprint density at radius 2 is 1.81 bits per heavy atom. The third-order valence-corrected chi connectivity index (χ3v) is 3.27. The fraction of sp³-hybridized carbons (Fsp3) is 0.538. The first-order valence-corrected chi connectivity index (χ1v) is 6.08. The molecule has 88 valence electrons. The van der Waals surface area contributed by atoms with Gasteiger partial charge in [0, 0.05) is 6.04 Å². The molecule has 1 aliphatic rings. The molecule has 2 rings (SSSR count). The summed E-state index contributed by atoms with van der Waals surface area (Å²) in [6, 6.07) is 5.40. The molecule has 1 aromatic carbocycles. The van der Waals surface area contributed by atoms with Crippen molar-refractivity contribution in [1.82, 2.24) is 0 Å². The molecule has 0 aliphatic heterocycles. The van der Waals surface area contributed by atoms with Crippen LogP contribution in [0.5, 0.6) is 0 Å². The lowest BCUT2D eigenvalue weighted by Crippen LogP contribution is -2.19. The molecule has 1 fully saturated rings. The second-order valence-corrected chi connectivity index (χ2v) is 4.53. The van der Waals surface area contributed by atoms with E-state index in [0.717, 1.165) is 18.5 Å². The molecule has 0 bridgehead atoms. The summed E-state index contributed by atoms with van der Waals surface area (Å²) in [5.41, 5.74) is 6.69. The molecule has 0 heterocycles. The highest BCUT2D eigenvalue weighted by molar-refractivity contribution is 5.66. The van der Waals surface area contributed by atoms with E-state index in [1.54, 1.807) is 6.07 Å². The van der Waals surface area contributed by atoms with Gasteiger partial charge in [-0.25, -0.2) is 4.39 Å². The monoisotopic (exact) mass is 222 g/mol. The smallest absolute Gasteiger partial charge is 0.148 e. The molecule has 0 saturated heterocycles. The Morgan fingerprint density at radius 3 is 2.50 bits per heavy atom. The minimum Gasteiger partial charge on any atom is -0.395 e. The molecule has 0 amide bonds. The Bertz CT molecular complexity index is 344. The summed E-state index contributed by atoms with van der Waals surface area (Å²) in [7, 11) is 0. The van der Waals surface area contributed by atoms with Crippen LogP contribution in [-0.2, 0) is 0 Å². The van der Waals surface area contributed by atoms with Gasteiger partial charge in [0.2, 0.25) is 0 Å². The van der Waals surface area contributed by atoms with Gasteiger partial charge >= 0.3 is 0 Å². The predicted octanol–water partition coefficient (Wildman–Crippen LogP) is 3.54. The number of nitrogen functional groups attached to an aromatic ring is 1. The second kappa shape index (κ2) is 5.19. The molecule has 0 spiro atoms. The normalized spacial score (nSPS) is 18.1. The number of hydrogen-bond donors (Lipinski definition) is 2. The van der Waals surface area contributed by atoms with E-state index in [2.05, 4.69) is 5.32 Å². The van der Waals surface area contributed by atoms with E-state index in [-0.39, 0.29) is 11.5 Å². The Labute approximate surface area is 96.0 Å². The maximum Gasteiger partial charge on any atom is 0.148 e. The van der Waals surface area contributed by atoms with Crippen LogP contribution in [0.1, 0.15) is 38.5 Å². The van der Waals surface area contributed by atoms with Crippen molar-refractivity contribution in [2.24, 2.45) is 0 Å². The van der Waals surface area contributed by atoms with Crippen LogP contribution in [-0.4, -0.2) is 6.04 Å². The summed E-state index contributed by atoms with van der Waals surface area (Å²) in [5, 5.41) is 3.36. The highest BCUT2D eigenvalue weighted by Crippen LogP contribution is 2.26. The molecule has 16 heavy (non-hydrogen) atoms. The maximum absolute atomic E-state index is 13.2. The molecule has 3 N–H and O–H groups in total. The van der Waals surface area contributed by atoms with Crippen molar-refractivity contribution in [3.8, 4) is 0 Å². The number of anilines is 2. The molecular weight excluding hydrogens is 203 g/mol. The molecule has 0 unspecified atom stereocenters. The number of nitrogens with one attached hydrogen (secondary N) is 1. The Kier molecular flexibility index (Phi) is 3.65. The molecule has 0 radical (unpaired) electrons. The van der Waals surface area contributed by atoms with Gasteiger partial charge in [0.05, 0.1) is 11.4 Å². The van der Waals surface area contributed by atoms with Crippen LogP contribution in [0.2, 0.25) is 0 Å². The van der Waals surface area contributed by atoms with E-state index < -0.39 is 0 Å². The van der Waals surface area contributed by atoms with E-state index in [9.17, 15) is 4.39 Å². The van der Waals surface area contributed by atoms with Crippen molar-refractivity contribution in [3.63, 3.8) is 0 Å². The Hall–Kier alpha value is -1.25. The lowest BCUT2D eigenvalue weighted by Gasteiger charge is -2.19. The average molecular weight is 222 g/mol. The number of rotatable bonds is 2. The lowest BCUT2D eigenvalue weighted by molar-refractivity contribution is 0.615. The second-order valence-electron chi connectivity index (χ2n) is 4.53. The van der Waals surface area contributed by atoms with Crippen molar-refractivity contribution < 1.29 is 4.39 Å². The predicted molar refractivity (Wildman–Crippen MR) is 65.9 cm³/mol. The van der Waals surface area contributed by atoms with Crippen molar-refractivity contribution in [2.75, 3.05) is 11.1 Å². The molecule has 3 heteroatoms. The van der Waals surface area contributed by atoms with Crippen LogP contribution in [0.15, 0.2) is 18.2 Å². The zero-order chi connectivity index (χ0) is 11.4. The molecule has 1 aromatic rings. The van der Waals surface area contributed by atoms with Crippen LogP contribution in [0.25, 0.3) is 0 Å². The van der Waals surface area contributed by atoms with Gasteiger partial charge in [-0.3, -0.25) is 0 Å². The molecule has 1 saturated carbocycles. The fourth-order valence-corrected chi connectivity index (χ4v) is 2.31. The quantitative estimate of drug-likeness (QED) is 0.593. The first kappa shape index (κ1) is 11.2. The first-order valence-electron chi connectivity index (χ1n) is 6.08. The maximum atomic E-state index is 13.2. The first-order chi connectivity index (χ1) is 7.77. The summed E-state index contributed by atoms with van der Waals surface area (Å²) < 4.78 is 13.2. The van der Waals surface area contributed by atoms with Gasteiger partial charge in [-0.15, -0.1) is 0 Å². The standard InChI is InChI=1S/C13H19FN2/c14-11-8-5-9-12(13(11)15)16-10-6-3-1-2-4-7-10/h5,8-10,16H,1-4,6-7,15H2. The van der Waals surface area contributed by atoms with Gasteiger partial charge in [-0.1, -0.05) is 31.7 Å². The molecule has 0 atom stereocenters. The van der Waals surface area contributed by atoms with Gasteiger partial charge < -0.3 is 11.1 Å². The van der Waals surface area contributed by atoms with Crippen molar-refractivity contribution in [1.29, 1.82) is 0 Å². The van der Waals surface area contributed by atoms with Crippen molar-refractivity contribution >= 4 is 11.4 Å². The van der Waals surface area contributed by atoms with Crippen LogP contribution < -0.4 is 11.1 Å². The zero-order valence-electron chi connectivity index (χ0n) is 9.51. The average Bonchev–Trinajstić information content (AvgIpc) is 2.53. The van der Waals surface area contributed by atoms with Crippen molar-refractivity contribution in [3.05, 3.63) is 24.0 Å². The summed E-state index contributed by atoms with van der Waals surface area (Å²) in [5.74, 6) is -0.335. The van der Waals surface area contributed by atoms with Gasteiger partial charge in [-0.05, 0) is 25.0 Å². The highest BCUT2D eigenvalue weighted by Gasteiger charge is 2.13. The van der Waals surface area contributed by atoms with E-state index in [1.165, 1.54) is 31.7 Å². The van der Waals surface area contributed by atoms with E-state index in [4.69, 9.17) is 5.73 Å². The van der Waals surface area contributed by atoms with E-state index in [0.29, 0.717) is 6.04 Å². The highest BCUT2D eigenvalue weighted by atomic mass is 19.1. The summed E-state index contributed by atoms with van der Waals surface area (Å²) in [4.78, 5) is 0. The Balaban J connectivity index is 2.04. The Morgan fingerprint density at radius 1 is 1.12 bits per heavy atom. The molecular formula is C13H19FN2. The zero-order valence-corrected chi connectivity index (χ0v) is 9.51. The van der Waals surface area contributed by atoms with Crippen LogP contribution in [0.3, 0.4) is 0 Å². The fourth-order valence-electron chi connectivity index (χ4n) is 2.31. The van der Waals surface area contributed by atoms with Crippen molar-refractivity contribution in [2.45, 2.75) is 44.6 Å². The lowest BCUT2D eigenvalue weighted by atomic mass is 10.1. The van der Waals surface area contributed by atoms with Gasteiger partial charge in [0.1, 0.15) is 5.82 Å².